The number of phosphoric ester groups is 1. The van der Waals surface area contributed by atoms with E-state index < -0.39 is 136 Å². The van der Waals surface area contributed by atoms with Gasteiger partial charge in [-0.15, -0.1) is 0 Å². The van der Waals surface area contributed by atoms with E-state index >= 15 is 0 Å². The van der Waals surface area contributed by atoms with Crippen molar-refractivity contribution >= 4 is 36.0 Å². The number of rotatable bonds is 48. The summed E-state index contributed by atoms with van der Waals surface area (Å²) in [4.78, 5) is 59.9. The van der Waals surface area contributed by atoms with Crippen molar-refractivity contribution in [1.29, 1.82) is 0 Å². The van der Waals surface area contributed by atoms with Gasteiger partial charge in [0.2, 0.25) is 11.8 Å². The molecule has 0 aromatic carbocycles. The van der Waals surface area contributed by atoms with Crippen LogP contribution in [0.15, 0.2) is 0 Å². The van der Waals surface area contributed by atoms with Crippen molar-refractivity contribution in [3.05, 3.63) is 0 Å². The molecule has 0 aromatic heterocycles. The molecular weight excluding hydrogens is 1080 g/mol. The Morgan fingerprint density at radius 2 is 1.03 bits per heavy atom. The first-order chi connectivity index (χ1) is 37.7. The van der Waals surface area contributed by atoms with Gasteiger partial charge in [0.1, 0.15) is 54.8 Å². The Labute approximate surface area is 470 Å². The lowest BCUT2D eigenvalue weighted by Crippen LogP contribution is -2.67. The lowest BCUT2D eigenvalue weighted by Gasteiger charge is -2.45. The molecule has 2 amide bonds. The van der Waals surface area contributed by atoms with Gasteiger partial charge in [0.25, 0.3) is 0 Å². The number of esters is 1. The molecule has 12 atom stereocenters. The number of phosphoric acid groups is 1. The first-order valence-electron chi connectivity index (χ1n) is 29.7. The smallest absolute Gasteiger partial charge is 0.462 e. The standard InChI is InChI=1S/C54H103N2O21PS/c1-4-7-10-13-16-19-22-25-28-31-40(58)36-44(59)55-47-50(63)49(62)43(76-53(47)71-34-35-73-79(68,69)70)39-72-54-48(51(64)52(42(38-57)75-54)77-78(65,66)67)56-45(60)37-41(32-29-26-23-20-17-14-11-8-5-2)74-46(61)33-30-27-24-21-18-15-12-9-6-3/h40-43,47-54,57-58,62-64H,4-39H2,1-3H3,(H,55,59)(H,56,60)(H2,65,66,67)(H,68,69,70)/t40-,41-,42?,43?,47?,48?,49?,50?,51?,52?,53?,54?/m1/s1. The van der Waals surface area contributed by atoms with Crippen molar-refractivity contribution in [2.45, 2.75) is 300 Å². The van der Waals surface area contributed by atoms with Gasteiger partial charge in [-0.1, -0.05) is 181 Å². The van der Waals surface area contributed by atoms with Gasteiger partial charge in [-0.25, -0.2) is 8.75 Å². The monoisotopic (exact) mass is 1180 g/mol. The van der Waals surface area contributed by atoms with Crippen molar-refractivity contribution in [3.8, 4) is 0 Å². The van der Waals surface area contributed by atoms with Crippen LogP contribution in [-0.4, -0.2) is 166 Å². The molecule has 466 valence electrons. The first kappa shape index (κ1) is 73.1. The summed E-state index contributed by atoms with van der Waals surface area (Å²) in [5.41, 5.74) is 0. The molecule has 2 aliphatic rings. The Bertz CT molecular complexity index is 1770. The van der Waals surface area contributed by atoms with Crippen molar-refractivity contribution < 1.29 is 99.6 Å². The minimum atomic E-state index is -5.37. The van der Waals surface area contributed by atoms with Crippen LogP contribution in [0.1, 0.15) is 226 Å². The molecular formula is C54H103N2O21PS. The van der Waals surface area contributed by atoms with Crippen molar-refractivity contribution in [1.82, 2.24) is 10.6 Å². The van der Waals surface area contributed by atoms with Crippen LogP contribution in [0.25, 0.3) is 0 Å². The maximum Gasteiger partial charge on any atom is 0.470 e. The highest BCUT2D eigenvalue weighted by Crippen LogP contribution is 2.41. The van der Waals surface area contributed by atoms with Gasteiger partial charge < -0.3 is 69.6 Å². The summed E-state index contributed by atoms with van der Waals surface area (Å²) in [5.74, 6) is -1.99. The topological polar surface area (TPSA) is 353 Å². The summed E-state index contributed by atoms with van der Waals surface area (Å²) in [6.07, 6.45) is 12.0. The number of unbranched alkanes of at least 4 members (excludes halogenated alkanes) is 24. The summed E-state index contributed by atoms with van der Waals surface area (Å²) < 4.78 is 82.0. The highest BCUT2D eigenvalue weighted by molar-refractivity contribution is 7.80. The van der Waals surface area contributed by atoms with Crippen molar-refractivity contribution in [2.24, 2.45) is 0 Å². The third-order valence-corrected chi connectivity index (χ3v) is 15.4. The predicted molar refractivity (Wildman–Crippen MR) is 293 cm³/mol. The molecule has 0 aromatic rings. The number of carbonyl (C=O) groups excluding carboxylic acids is 3. The summed E-state index contributed by atoms with van der Waals surface area (Å²) in [5, 5.41) is 60.4. The molecule has 0 aliphatic carbocycles. The summed E-state index contributed by atoms with van der Waals surface area (Å²) in [6.45, 7) is 3.42. The largest absolute Gasteiger partial charge is 0.470 e. The zero-order chi connectivity index (χ0) is 58.5. The van der Waals surface area contributed by atoms with E-state index in [0.29, 0.717) is 32.1 Å². The fraction of sp³-hybridized carbons (Fsp3) is 0.944. The van der Waals surface area contributed by atoms with Crippen LogP contribution in [-0.2, 0) is 61.7 Å². The van der Waals surface area contributed by atoms with Gasteiger partial charge >= 0.3 is 24.2 Å². The number of carbonyl (C=O) groups is 3. The fourth-order valence-electron chi connectivity index (χ4n) is 9.92. The third kappa shape index (κ3) is 33.8. The molecule has 25 heteroatoms. The van der Waals surface area contributed by atoms with Crippen LogP contribution < -0.4 is 10.6 Å². The molecule has 10 unspecified atom stereocenters. The number of aliphatic hydroxyl groups is 5. The van der Waals surface area contributed by atoms with E-state index in [1.807, 2.05) is 0 Å². The van der Waals surface area contributed by atoms with Gasteiger partial charge in [0, 0.05) is 6.42 Å². The lowest BCUT2D eigenvalue weighted by molar-refractivity contribution is -0.302. The maximum atomic E-state index is 14.0. The Morgan fingerprint density at radius 1 is 0.582 bits per heavy atom. The maximum absolute atomic E-state index is 14.0. The summed E-state index contributed by atoms with van der Waals surface area (Å²) in [7, 11) is -10.3. The van der Waals surface area contributed by atoms with Gasteiger partial charge in [0.15, 0.2) is 12.6 Å². The molecule has 2 fully saturated rings. The highest BCUT2D eigenvalue weighted by atomic mass is 32.3. The van der Waals surface area contributed by atoms with Crippen molar-refractivity contribution in [2.75, 3.05) is 26.4 Å². The minimum Gasteiger partial charge on any atom is -0.462 e. The van der Waals surface area contributed by atoms with Crippen molar-refractivity contribution in [3.63, 3.8) is 0 Å². The van der Waals surface area contributed by atoms with Crippen LogP contribution in [0.4, 0.5) is 0 Å². The van der Waals surface area contributed by atoms with Crippen LogP contribution in [0.2, 0.25) is 0 Å². The third-order valence-electron chi connectivity index (χ3n) is 14.4. The molecule has 0 bridgehead atoms. The van der Waals surface area contributed by atoms with Gasteiger partial charge in [-0.2, -0.15) is 8.42 Å². The predicted octanol–water partition coefficient (Wildman–Crippen LogP) is 6.63. The zero-order valence-electron chi connectivity index (χ0n) is 47.6. The van der Waals surface area contributed by atoms with Gasteiger partial charge in [-0.05, 0) is 25.7 Å². The molecule has 0 saturated carbocycles. The molecule has 79 heavy (non-hydrogen) atoms. The van der Waals surface area contributed by atoms with Crippen LogP contribution in [0, 0.1) is 0 Å². The second-order valence-corrected chi connectivity index (χ2v) is 23.7. The summed E-state index contributed by atoms with van der Waals surface area (Å²) in [6, 6.07) is -3.24. The Balaban J connectivity index is 2.24. The molecule has 23 nitrogen and oxygen atoms in total. The Morgan fingerprint density at radius 3 is 1.52 bits per heavy atom. The van der Waals surface area contributed by atoms with E-state index in [0.717, 1.165) is 89.9 Å². The number of hydrogen-bond donors (Lipinski definition) is 10. The first-order valence-corrected chi connectivity index (χ1v) is 32.6. The number of hydrogen-bond acceptors (Lipinski definition) is 18. The fourth-order valence-corrected chi connectivity index (χ4v) is 10.8. The Kier molecular flexibility index (Phi) is 39.6. The normalized spacial score (nSPS) is 24.5. The summed E-state index contributed by atoms with van der Waals surface area (Å²) >= 11 is 0. The average molecular weight is 1180 g/mol. The van der Waals surface area contributed by atoms with E-state index in [1.165, 1.54) is 64.2 Å². The minimum absolute atomic E-state index is 0.157. The van der Waals surface area contributed by atoms with Crippen LogP contribution in [0.5, 0.6) is 0 Å². The Hall–Kier alpha value is -1.97. The van der Waals surface area contributed by atoms with E-state index in [2.05, 4.69) is 35.6 Å². The molecule has 0 radical (unpaired) electrons. The SMILES string of the molecule is CCCCCCCCCCCC(=O)O[C@H](CCCCCCCCCCC)CC(=O)NC1C(OCC2OC(OCCOS(=O)(=O)O)C(NC(=O)C[C@H](O)CCCCCCCCCCC)C(O)C2O)OC(CO)C(OP(=O)(O)O)C1O. The molecule has 2 heterocycles. The molecule has 2 aliphatic heterocycles. The number of amides is 2. The second kappa shape index (κ2) is 42.8. The second-order valence-electron chi connectivity index (χ2n) is 21.4. The van der Waals surface area contributed by atoms with E-state index in [9.17, 15) is 62.7 Å². The van der Waals surface area contributed by atoms with Crippen LogP contribution >= 0.6 is 7.82 Å². The van der Waals surface area contributed by atoms with Gasteiger partial charge in [-0.3, -0.25) is 23.5 Å². The molecule has 2 saturated heterocycles. The quantitative estimate of drug-likeness (QED) is 0.0132. The van der Waals surface area contributed by atoms with Crippen LogP contribution in [0.3, 0.4) is 0 Å². The van der Waals surface area contributed by atoms with Gasteiger partial charge in [0.05, 0.1) is 45.4 Å². The van der Waals surface area contributed by atoms with E-state index in [4.69, 9.17) is 32.8 Å². The lowest BCUT2D eigenvalue weighted by atomic mass is 9.95. The highest BCUT2D eigenvalue weighted by Gasteiger charge is 2.51. The molecule has 10 N–H and O–H groups in total. The molecule has 2 rings (SSSR count). The average Bonchev–Trinajstić information content (AvgIpc) is 3.38. The van der Waals surface area contributed by atoms with E-state index in [1.54, 1.807) is 0 Å². The van der Waals surface area contributed by atoms with E-state index in [-0.39, 0.29) is 19.3 Å². The zero-order valence-corrected chi connectivity index (χ0v) is 49.3. The molecule has 0 spiro atoms. The number of ether oxygens (including phenoxy) is 5. The number of aliphatic hydroxyl groups excluding tert-OH is 5. The number of nitrogens with one attached hydrogen (secondary N) is 2.